The Morgan fingerprint density at radius 1 is 1.06 bits per heavy atom. The number of ether oxygens (including phenoxy) is 1. The van der Waals surface area contributed by atoms with Crippen LogP contribution in [0.5, 0.6) is 5.75 Å². The predicted molar refractivity (Wildman–Crippen MR) is 71.5 cm³/mol. The highest BCUT2D eigenvalue weighted by Gasteiger charge is 2.12. The molecule has 1 atom stereocenters. The lowest BCUT2D eigenvalue weighted by Gasteiger charge is -2.18. The molecule has 0 heterocycles. The molecule has 0 saturated heterocycles. The number of rotatable bonds is 5. The molecule has 0 aromatic heterocycles. The van der Waals surface area contributed by atoms with E-state index in [2.05, 4.69) is 0 Å². The first-order valence-electron chi connectivity index (χ1n) is 5.83. The molecular weight excluding hydrogens is 251 g/mol. The van der Waals surface area contributed by atoms with Crippen molar-refractivity contribution in [3.8, 4) is 5.75 Å². The van der Waals surface area contributed by atoms with E-state index in [9.17, 15) is 4.39 Å². The van der Waals surface area contributed by atoms with Crippen LogP contribution in [0, 0.1) is 5.82 Å². The summed E-state index contributed by atoms with van der Waals surface area (Å²) >= 11 is 5.79. The van der Waals surface area contributed by atoms with E-state index in [0.717, 1.165) is 5.56 Å². The van der Waals surface area contributed by atoms with Gasteiger partial charge in [-0.1, -0.05) is 36.4 Å². The largest absolute Gasteiger partial charge is 0.486 e. The topological polar surface area (TPSA) is 9.23 Å². The zero-order valence-electron chi connectivity index (χ0n) is 9.85. The first-order valence-corrected chi connectivity index (χ1v) is 6.36. The number of hydrogen-bond acceptors (Lipinski definition) is 1. The van der Waals surface area contributed by atoms with Crippen LogP contribution in [0.15, 0.2) is 54.6 Å². The fraction of sp³-hybridized carbons (Fsp3) is 0.200. The molecule has 1 nitrogen and oxygen atoms in total. The normalized spacial score (nSPS) is 12.1. The van der Waals surface area contributed by atoms with Gasteiger partial charge >= 0.3 is 0 Å². The Bertz CT molecular complexity index is 487. The van der Waals surface area contributed by atoms with E-state index in [1.54, 1.807) is 12.1 Å². The second-order valence-corrected chi connectivity index (χ2v) is 4.33. The van der Waals surface area contributed by atoms with E-state index in [1.807, 2.05) is 30.3 Å². The molecule has 2 rings (SSSR count). The van der Waals surface area contributed by atoms with Crippen molar-refractivity contribution in [1.29, 1.82) is 0 Å². The van der Waals surface area contributed by atoms with Crippen molar-refractivity contribution in [2.45, 2.75) is 12.5 Å². The second kappa shape index (κ2) is 6.41. The number of halogens is 2. The average Bonchev–Trinajstić information content (AvgIpc) is 2.39. The van der Waals surface area contributed by atoms with E-state index in [-0.39, 0.29) is 11.9 Å². The molecule has 0 radical (unpaired) electrons. The van der Waals surface area contributed by atoms with Crippen molar-refractivity contribution in [2.75, 3.05) is 5.88 Å². The molecule has 0 aliphatic rings. The second-order valence-electron chi connectivity index (χ2n) is 3.95. The minimum Gasteiger partial charge on any atom is -0.486 e. The Morgan fingerprint density at radius 3 is 2.50 bits per heavy atom. The summed E-state index contributed by atoms with van der Waals surface area (Å²) in [6, 6.07) is 16.0. The van der Waals surface area contributed by atoms with Gasteiger partial charge in [-0.3, -0.25) is 0 Å². The van der Waals surface area contributed by atoms with E-state index in [0.29, 0.717) is 18.1 Å². The highest BCUT2D eigenvalue weighted by molar-refractivity contribution is 6.17. The molecule has 2 aromatic carbocycles. The van der Waals surface area contributed by atoms with Crippen LogP contribution >= 0.6 is 11.6 Å². The van der Waals surface area contributed by atoms with E-state index >= 15 is 0 Å². The summed E-state index contributed by atoms with van der Waals surface area (Å²) in [5.41, 5.74) is 1.04. The van der Waals surface area contributed by atoms with Gasteiger partial charge in [-0.2, -0.15) is 0 Å². The molecular formula is C15H14ClFO. The van der Waals surface area contributed by atoms with Gasteiger partial charge in [0.1, 0.15) is 17.7 Å². The Balaban J connectivity index is 2.16. The van der Waals surface area contributed by atoms with E-state index in [4.69, 9.17) is 16.3 Å². The van der Waals surface area contributed by atoms with Crippen LogP contribution in [-0.4, -0.2) is 5.88 Å². The molecule has 18 heavy (non-hydrogen) atoms. The number of hydrogen-bond donors (Lipinski definition) is 0. The third-order valence-corrected chi connectivity index (χ3v) is 2.84. The average molecular weight is 265 g/mol. The first-order chi connectivity index (χ1) is 8.79. The maximum atomic E-state index is 13.1. The van der Waals surface area contributed by atoms with Crippen LogP contribution in [0.1, 0.15) is 18.1 Å². The van der Waals surface area contributed by atoms with Crippen molar-refractivity contribution in [3.63, 3.8) is 0 Å². The van der Waals surface area contributed by atoms with Crippen LogP contribution in [0.25, 0.3) is 0 Å². The molecule has 0 unspecified atom stereocenters. The maximum Gasteiger partial charge on any atom is 0.126 e. The monoisotopic (exact) mass is 264 g/mol. The molecule has 0 amide bonds. The van der Waals surface area contributed by atoms with Crippen molar-refractivity contribution >= 4 is 11.6 Å². The molecule has 2 aromatic rings. The summed E-state index contributed by atoms with van der Waals surface area (Å²) in [7, 11) is 0. The molecule has 0 N–H and O–H groups in total. The van der Waals surface area contributed by atoms with Crippen LogP contribution in [0.4, 0.5) is 4.39 Å². The SMILES string of the molecule is Fc1cccc(O[C@@H](CCCl)c2ccccc2)c1. The predicted octanol–water partition coefficient (Wildman–Crippen LogP) is 4.57. The van der Waals surface area contributed by atoms with Gasteiger partial charge in [0.15, 0.2) is 0 Å². The molecule has 0 spiro atoms. The van der Waals surface area contributed by atoms with Gasteiger partial charge < -0.3 is 4.74 Å². The van der Waals surface area contributed by atoms with Gasteiger partial charge in [-0.15, -0.1) is 11.6 Å². The lowest BCUT2D eigenvalue weighted by Crippen LogP contribution is -2.08. The summed E-state index contributed by atoms with van der Waals surface area (Å²) in [6.07, 6.45) is 0.535. The van der Waals surface area contributed by atoms with Gasteiger partial charge in [0.25, 0.3) is 0 Å². The summed E-state index contributed by atoms with van der Waals surface area (Å²) in [6.45, 7) is 0. The minimum absolute atomic E-state index is 0.148. The smallest absolute Gasteiger partial charge is 0.126 e. The Hall–Kier alpha value is -1.54. The fourth-order valence-corrected chi connectivity index (χ4v) is 1.96. The Labute approximate surface area is 111 Å². The van der Waals surface area contributed by atoms with Gasteiger partial charge in [0.05, 0.1) is 0 Å². The van der Waals surface area contributed by atoms with Crippen molar-refractivity contribution in [1.82, 2.24) is 0 Å². The van der Waals surface area contributed by atoms with Crippen molar-refractivity contribution in [2.24, 2.45) is 0 Å². The molecule has 0 fully saturated rings. The zero-order chi connectivity index (χ0) is 12.8. The number of alkyl halides is 1. The maximum absolute atomic E-state index is 13.1. The quantitative estimate of drug-likeness (QED) is 0.719. The van der Waals surface area contributed by atoms with Gasteiger partial charge in [-0.25, -0.2) is 4.39 Å². The van der Waals surface area contributed by atoms with Crippen LogP contribution < -0.4 is 4.74 Å². The van der Waals surface area contributed by atoms with Crippen molar-refractivity contribution < 1.29 is 9.13 Å². The van der Waals surface area contributed by atoms with Crippen LogP contribution in [0.2, 0.25) is 0 Å². The minimum atomic E-state index is -0.301. The Morgan fingerprint density at radius 2 is 1.83 bits per heavy atom. The third-order valence-electron chi connectivity index (χ3n) is 2.62. The van der Waals surface area contributed by atoms with Crippen LogP contribution in [0.3, 0.4) is 0 Å². The lowest BCUT2D eigenvalue weighted by atomic mass is 10.1. The molecule has 0 saturated carbocycles. The van der Waals surface area contributed by atoms with Crippen LogP contribution in [-0.2, 0) is 0 Å². The molecule has 3 heteroatoms. The molecule has 94 valence electrons. The van der Waals surface area contributed by atoms with E-state index < -0.39 is 0 Å². The molecule has 0 aliphatic heterocycles. The standard InChI is InChI=1S/C15H14ClFO/c16-10-9-15(12-5-2-1-3-6-12)18-14-8-4-7-13(17)11-14/h1-8,11,15H,9-10H2/t15-/m0/s1. The Kier molecular flexibility index (Phi) is 4.59. The number of benzene rings is 2. The van der Waals surface area contributed by atoms with E-state index in [1.165, 1.54) is 12.1 Å². The zero-order valence-corrected chi connectivity index (χ0v) is 10.6. The summed E-state index contributed by atoms with van der Waals surface area (Å²) in [5, 5.41) is 0. The third kappa shape index (κ3) is 3.47. The lowest BCUT2D eigenvalue weighted by molar-refractivity contribution is 0.201. The highest BCUT2D eigenvalue weighted by Crippen LogP contribution is 2.25. The summed E-state index contributed by atoms with van der Waals surface area (Å²) in [5.74, 6) is 0.716. The summed E-state index contributed by atoms with van der Waals surface area (Å²) in [4.78, 5) is 0. The van der Waals surface area contributed by atoms with Gasteiger partial charge in [0, 0.05) is 18.4 Å². The summed E-state index contributed by atoms with van der Waals surface area (Å²) < 4.78 is 18.9. The van der Waals surface area contributed by atoms with Gasteiger partial charge in [-0.05, 0) is 17.7 Å². The van der Waals surface area contributed by atoms with Crippen molar-refractivity contribution in [3.05, 3.63) is 66.0 Å². The fourth-order valence-electron chi connectivity index (χ4n) is 1.76. The van der Waals surface area contributed by atoms with Gasteiger partial charge in [0.2, 0.25) is 0 Å². The highest BCUT2D eigenvalue weighted by atomic mass is 35.5. The molecule has 0 bridgehead atoms. The first kappa shape index (κ1) is 12.9. The molecule has 0 aliphatic carbocycles.